The summed E-state index contributed by atoms with van der Waals surface area (Å²) in [7, 11) is 0. The fraction of sp³-hybridized carbons (Fsp3) is 0.714. The molecule has 0 saturated carbocycles. The molecule has 4 nitrogen and oxygen atoms in total. The maximum absolute atomic E-state index is 11.6. The first kappa shape index (κ1) is 13.1. The van der Waals surface area contributed by atoms with Crippen molar-refractivity contribution in [2.24, 2.45) is 11.8 Å². The number of rotatable bonds is 3. The van der Waals surface area contributed by atoms with Crippen LogP contribution in [0.5, 0.6) is 0 Å². The molecule has 0 aliphatic carbocycles. The Bertz CT molecular complexity index is 445. The molecule has 0 bridgehead atoms. The van der Waals surface area contributed by atoms with Crippen LogP contribution in [-0.4, -0.2) is 23.1 Å². The summed E-state index contributed by atoms with van der Waals surface area (Å²) >= 11 is 0. The van der Waals surface area contributed by atoms with Crippen LogP contribution in [0.15, 0.2) is 10.9 Å². The second-order valence-corrected chi connectivity index (χ2v) is 5.47. The van der Waals surface area contributed by atoms with Gasteiger partial charge in [-0.1, -0.05) is 20.8 Å². The summed E-state index contributed by atoms with van der Waals surface area (Å²) in [6.45, 7) is 8.62. The molecule has 0 spiro atoms. The average molecular weight is 249 g/mol. The molecule has 0 amide bonds. The van der Waals surface area contributed by atoms with E-state index in [9.17, 15) is 4.79 Å². The van der Waals surface area contributed by atoms with Gasteiger partial charge >= 0.3 is 0 Å². The lowest BCUT2D eigenvalue weighted by Gasteiger charge is -2.34. The van der Waals surface area contributed by atoms with Gasteiger partial charge in [0.2, 0.25) is 0 Å². The van der Waals surface area contributed by atoms with E-state index >= 15 is 0 Å². The standard InChI is InChI=1S/C14H23N3O/c1-4-12-15-13(9-14(18)16-12)17-7-5-11(6-8-17)10(2)3/h9-11H,4-8H2,1-3H3,(H,15,16,18). The number of nitrogens with one attached hydrogen (secondary N) is 1. The molecule has 1 N–H and O–H groups in total. The van der Waals surface area contributed by atoms with Crippen LogP contribution < -0.4 is 10.5 Å². The van der Waals surface area contributed by atoms with Gasteiger partial charge in [-0.05, 0) is 24.7 Å². The first-order chi connectivity index (χ1) is 8.60. The monoisotopic (exact) mass is 249 g/mol. The Morgan fingerprint density at radius 2 is 2.11 bits per heavy atom. The van der Waals surface area contributed by atoms with E-state index in [1.54, 1.807) is 6.07 Å². The molecule has 1 aromatic heterocycles. The second kappa shape index (κ2) is 5.55. The van der Waals surface area contributed by atoms with Gasteiger partial charge in [0.1, 0.15) is 11.6 Å². The van der Waals surface area contributed by atoms with Crippen molar-refractivity contribution in [1.29, 1.82) is 0 Å². The number of nitrogens with zero attached hydrogens (tertiary/aromatic N) is 2. The Kier molecular flexibility index (Phi) is 4.04. The second-order valence-electron chi connectivity index (χ2n) is 5.47. The van der Waals surface area contributed by atoms with E-state index in [4.69, 9.17) is 0 Å². The van der Waals surface area contributed by atoms with Crippen molar-refractivity contribution >= 4 is 5.82 Å². The molecule has 1 fully saturated rings. The Morgan fingerprint density at radius 1 is 1.44 bits per heavy atom. The third-order valence-electron chi connectivity index (χ3n) is 3.92. The smallest absolute Gasteiger partial charge is 0.252 e. The lowest BCUT2D eigenvalue weighted by atomic mass is 9.87. The number of piperidine rings is 1. The van der Waals surface area contributed by atoms with Crippen molar-refractivity contribution in [3.8, 4) is 0 Å². The Morgan fingerprint density at radius 3 is 2.67 bits per heavy atom. The van der Waals surface area contributed by atoms with E-state index < -0.39 is 0 Å². The normalized spacial score (nSPS) is 17.4. The first-order valence-electron chi connectivity index (χ1n) is 6.95. The van der Waals surface area contributed by atoms with Gasteiger partial charge in [-0.2, -0.15) is 0 Å². The van der Waals surface area contributed by atoms with Gasteiger partial charge in [-0.3, -0.25) is 4.79 Å². The van der Waals surface area contributed by atoms with Gasteiger partial charge in [0.15, 0.2) is 0 Å². The summed E-state index contributed by atoms with van der Waals surface area (Å²) in [5, 5.41) is 0. The van der Waals surface area contributed by atoms with E-state index in [0.29, 0.717) is 0 Å². The van der Waals surface area contributed by atoms with Crippen LogP contribution in [0.1, 0.15) is 39.4 Å². The molecule has 0 unspecified atom stereocenters. The van der Waals surface area contributed by atoms with Crippen LogP contribution in [0.3, 0.4) is 0 Å². The highest BCUT2D eigenvalue weighted by Gasteiger charge is 2.22. The minimum absolute atomic E-state index is 0.0390. The predicted molar refractivity (Wildman–Crippen MR) is 74.0 cm³/mol. The molecule has 1 aliphatic heterocycles. The maximum Gasteiger partial charge on any atom is 0.252 e. The van der Waals surface area contributed by atoms with Crippen molar-refractivity contribution in [3.05, 3.63) is 22.2 Å². The van der Waals surface area contributed by atoms with Crippen molar-refractivity contribution in [3.63, 3.8) is 0 Å². The van der Waals surface area contributed by atoms with Crippen LogP contribution in [-0.2, 0) is 6.42 Å². The molecular weight excluding hydrogens is 226 g/mol. The minimum atomic E-state index is -0.0390. The van der Waals surface area contributed by atoms with E-state index in [1.165, 1.54) is 12.8 Å². The van der Waals surface area contributed by atoms with E-state index in [0.717, 1.165) is 43.0 Å². The lowest BCUT2D eigenvalue weighted by molar-refractivity contribution is 0.310. The third kappa shape index (κ3) is 2.92. The number of H-pyrrole nitrogens is 1. The molecule has 0 radical (unpaired) electrons. The van der Waals surface area contributed by atoms with E-state index in [-0.39, 0.29) is 5.56 Å². The first-order valence-corrected chi connectivity index (χ1v) is 6.95. The summed E-state index contributed by atoms with van der Waals surface area (Å²) in [5.74, 6) is 3.20. The largest absolute Gasteiger partial charge is 0.356 e. The zero-order valence-electron chi connectivity index (χ0n) is 11.6. The molecule has 0 atom stereocenters. The van der Waals surface area contributed by atoms with Crippen LogP contribution in [0.25, 0.3) is 0 Å². The van der Waals surface area contributed by atoms with Gasteiger partial charge in [0.05, 0.1) is 0 Å². The quantitative estimate of drug-likeness (QED) is 0.893. The highest BCUT2D eigenvalue weighted by atomic mass is 16.1. The van der Waals surface area contributed by atoms with Crippen LogP contribution >= 0.6 is 0 Å². The molecule has 18 heavy (non-hydrogen) atoms. The van der Waals surface area contributed by atoms with Crippen LogP contribution in [0, 0.1) is 11.8 Å². The molecule has 1 aliphatic rings. The summed E-state index contributed by atoms with van der Waals surface area (Å²) in [5.41, 5.74) is -0.0390. The van der Waals surface area contributed by atoms with E-state index in [2.05, 4.69) is 28.7 Å². The topological polar surface area (TPSA) is 49.0 Å². The summed E-state index contributed by atoms with van der Waals surface area (Å²) in [6, 6.07) is 1.62. The van der Waals surface area contributed by atoms with Gasteiger partial charge < -0.3 is 9.88 Å². The van der Waals surface area contributed by atoms with Gasteiger partial charge in [0, 0.05) is 25.6 Å². The zero-order chi connectivity index (χ0) is 13.1. The highest BCUT2D eigenvalue weighted by Crippen LogP contribution is 2.26. The third-order valence-corrected chi connectivity index (χ3v) is 3.92. The SMILES string of the molecule is CCc1nc(N2CCC(C(C)C)CC2)cc(=O)[nH]1. The Labute approximate surface area is 108 Å². The van der Waals surface area contributed by atoms with Crippen molar-refractivity contribution in [2.75, 3.05) is 18.0 Å². The average Bonchev–Trinajstić information content (AvgIpc) is 2.38. The van der Waals surface area contributed by atoms with Crippen molar-refractivity contribution in [1.82, 2.24) is 9.97 Å². The number of aryl methyl sites for hydroxylation is 1. The summed E-state index contributed by atoms with van der Waals surface area (Å²) < 4.78 is 0. The van der Waals surface area contributed by atoms with Gasteiger partial charge in [-0.25, -0.2) is 4.98 Å². The molecule has 4 heteroatoms. The summed E-state index contributed by atoms with van der Waals surface area (Å²) in [4.78, 5) is 21.1. The number of anilines is 1. The zero-order valence-corrected chi connectivity index (χ0v) is 11.6. The lowest BCUT2D eigenvalue weighted by Crippen LogP contribution is -2.36. The Balaban J connectivity index is 2.09. The van der Waals surface area contributed by atoms with Crippen LogP contribution in [0.4, 0.5) is 5.82 Å². The van der Waals surface area contributed by atoms with Gasteiger partial charge in [0.25, 0.3) is 5.56 Å². The Hall–Kier alpha value is -1.32. The van der Waals surface area contributed by atoms with Gasteiger partial charge in [-0.15, -0.1) is 0 Å². The molecule has 2 heterocycles. The van der Waals surface area contributed by atoms with Crippen molar-refractivity contribution < 1.29 is 0 Å². The molecule has 2 rings (SSSR count). The van der Waals surface area contributed by atoms with Crippen LogP contribution in [0.2, 0.25) is 0 Å². The van der Waals surface area contributed by atoms with E-state index in [1.807, 2.05) is 6.92 Å². The predicted octanol–water partition coefficient (Wildman–Crippen LogP) is 2.20. The molecular formula is C14H23N3O. The maximum atomic E-state index is 11.6. The minimum Gasteiger partial charge on any atom is -0.356 e. The summed E-state index contributed by atoms with van der Waals surface area (Å²) in [6.07, 6.45) is 3.17. The molecule has 1 aromatic rings. The molecule has 100 valence electrons. The highest BCUT2D eigenvalue weighted by molar-refractivity contribution is 5.37. The fourth-order valence-electron chi connectivity index (χ4n) is 2.62. The number of hydrogen-bond acceptors (Lipinski definition) is 3. The number of aromatic nitrogens is 2. The van der Waals surface area contributed by atoms with Crippen molar-refractivity contribution in [2.45, 2.75) is 40.0 Å². The molecule has 0 aromatic carbocycles. The fourth-order valence-corrected chi connectivity index (χ4v) is 2.62. The number of aromatic amines is 1. The number of hydrogen-bond donors (Lipinski definition) is 1. The molecule has 1 saturated heterocycles.